The van der Waals surface area contributed by atoms with Crippen molar-refractivity contribution in [2.75, 3.05) is 48.9 Å². The molecule has 3 aromatic heterocycles. The number of nitrogens with zero attached hydrogens (tertiary/aromatic N) is 6. The van der Waals surface area contributed by atoms with Gasteiger partial charge in [0.05, 0.1) is 43.0 Å². The van der Waals surface area contributed by atoms with Crippen LogP contribution in [0.3, 0.4) is 0 Å². The lowest BCUT2D eigenvalue weighted by Gasteiger charge is -2.28. The fraction of sp³-hybridized carbons (Fsp3) is 0.273. The number of benzene rings is 1. The van der Waals surface area contributed by atoms with E-state index in [0.717, 1.165) is 48.6 Å². The second-order valence-corrected chi connectivity index (χ2v) is 7.38. The number of nitrogens with one attached hydrogen (secondary N) is 2. The molecule has 0 atom stereocenters. The molecule has 1 aliphatic rings. The molecule has 1 aliphatic heterocycles. The van der Waals surface area contributed by atoms with Crippen molar-refractivity contribution in [3.8, 4) is 11.3 Å². The maximum absolute atomic E-state index is 5.43. The highest BCUT2D eigenvalue weighted by atomic mass is 16.5. The quantitative estimate of drug-likeness (QED) is 0.513. The minimum absolute atomic E-state index is 0.661. The number of hydrogen-bond acceptors (Lipinski definition) is 8. The number of pyridine rings is 1. The summed E-state index contributed by atoms with van der Waals surface area (Å²) in [6.07, 6.45) is 7.08. The minimum Gasteiger partial charge on any atom is -0.378 e. The van der Waals surface area contributed by atoms with Gasteiger partial charge >= 0.3 is 0 Å². The fourth-order valence-electron chi connectivity index (χ4n) is 3.76. The smallest absolute Gasteiger partial charge is 0.154 e. The molecule has 31 heavy (non-hydrogen) atoms. The average Bonchev–Trinajstić information content (AvgIpc) is 3.21. The van der Waals surface area contributed by atoms with Crippen LogP contribution in [0.4, 0.5) is 23.0 Å². The van der Waals surface area contributed by atoms with Crippen molar-refractivity contribution in [2.45, 2.75) is 0 Å². The van der Waals surface area contributed by atoms with E-state index in [0.29, 0.717) is 17.3 Å². The second-order valence-electron chi connectivity index (χ2n) is 7.38. The molecule has 0 unspecified atom stereocenters. The number of hydrogen-bond donors (Lipinski definition) is 2. The molecule has 2 N–H and O–H groups in total. The number of rotatable bonds is 5. The molecule has 0 bridgehead atoms. The SMILES string of the molecule is CNc1nc(Nc2ccc(N3CCOCC3)cc2)cnc1-c1cncc2c1ncn2C. The van der Waals surface area contributed by atoms with E-state index in [4.69, 9.17) is 9.72 Å². The summed E-state index contributed by atoms with van der Waals surface area (Å²) in [6.45, 7) is 3.39. The predicted molar refractivity (Wildman–Crippen MR) is 122 cm³/mol. The highest BCUT2D eigenvalue weighted by Gasteiger charge is 2.15. The molecule has 1 saturated heterocycles. The molecule has 0 radical (unpaired) electrons. The molecule has 0 saturated carbocycles. The molecule has 9 nitrogen and oxygen atoms in total. The van der Waals surface area contributed by atoms with Crippen molar-refractivity contribution in [3.05, 3.63) is 49.2 Å². The van der Waals surface area contributed by atoms with Crippen molar-refractivity contribution >= 4 is 34.0 Å². The normalized spacial score (nSPS) is 14.1. The van der Waals surface area contributed by atoms with Crippen molar-refractivity contribution in [1.29, 1.82) is 0 Å². The van der Waals surface area contributed by atoms with E-state index in [2.05, 4.69) is 54.8 Å². The van der Waals surface area contributed by atoms with Crippen LogP contribution in [0.1, 0.15) is 0 Å². The molecular formula is C22H24N8O. The lowest BCUT2D eigenvalue weighted by Crippen LogP contribution is -2.36. The Morgan fingerprint density at radius 3 is 2.58 bits per heavy atom. The molecule has 1 aromatic carbocycles. The Hall–Kier alpha value is -3.72. The lowest BCUT2D eigenvalue weighted by atomic mass is 10.1. The third kappa shape index (κ3) is 3.75. The number of aromatic nitrogens is 5. The molecule has 9 heteroatoms. The van der Waals surface area contributed by atoms with Crippen molar-refractivity contribution < 1.29 is 4.74 Å². The van der Waals surface area contributed by atoms with Crippen LogP contribution < -0.4 is 15.5 Å². The van der Waals surface area contributed by atoms with Crippen LogP contribution in [-0.4, -0.2) is 57.9 Å². The summed E-state index contributed by atoms with van der Waals surface area (Å²) in [5.41, 5.74) is 5.51. The third-order valence-electron chi connectivity index (χ3n) is 5.42. The van der Waals surface area contributed by atoms with E-state index in [1.54, 1.807) is 24.9 Å². The Morgan fingerprint density at radius 1 is 1.00 bits per heavy atom. The highest BCUT2D eigenvalue weighted by molar-refractivity contribution is 5.93. The number of imidazole rings is 1. The summed E-state index contributed by atoms with van der Waals surface area (Å²) in [6, 6.07) is 8.33. The van der Waals surface area contributed by atoms with E-state index in [1.807, 2.05) is 18.7 Å². The number of ether oxygens (including phenoxy) is 1. The van der Waals surface area contributed by atoms with Crippen LogP contribution >= 0.6 is 0 Å². The first-order chi connectivity index (χ1) is 15.2. The second kappa shape index (κ2) is 8.19. The largest absolute Gasteiger partial charge is 0.378 e. The summed E-state index contributed by atoms with van der Waals surface area (Å²) < 4.78 is 7.37. The molecule has 0 aliphatic carbocycles. The highest BCUT2D eigenvalue weighted by Crippen LogP contribution is 2.30. The van der Waals surface area contributed by atoms with E-state index in [1.165, 1.54) is 5.69 Å². The monoisotopic (exact) mass is 416 g/mol. The van der Waals surface area contributed by atoms with Crippen LogP contribution in [-0.2, 0) is 11.8 Å². The van der Waals surface area contributed by atoms with E-state index in [9.17, 15) is 0 Å². The van der Waals surface area contributed by atoms with Gasteiger partial charge in [-0.05, 0) is 24.3 Å². The molecule has 158 valence electrons. The van der Waals surface area contributed by atoms with E-state index >= 15 is 0 Å². The maximum Gasteiger partial charge on any atom is 0.154 e. The van der Waals surface area contributed by atoms with Crippen LogP contribution in [0.15, 0.2) is 49.2 Å². The van der Waals surface area contributed by atoms with Gasteiger partial charge in [0.1, 0.15) is 11.2 Å². The van der Waals surface area contributed by atoms with Crippen LogP contribution in [0.5, 0.6) is 0 Å². The van der Waals surface area contributed by atoms with Gasteiger partial charge in [-0.15, -0.1) is 0 Å². The molecule has 0 spiro atoms. The molecule has 0 amide bonds. The molecule has 1 fully saturated rings. The van der Waals surface area contributed by atoms with Crippen LogP contribution in [0.25, 0.3) is 22.3 Å². The number of aryl methyl sites for hydroxylation is 1. The summed E-state index contributed by atoms with van der Waals surface area (Å²) in [7, 11) is 3.78. The van der Waals surface area contributed by atoms with Gasteiger partial charge in [0.2, 0.25) is 0 Å². The Bertz CT molecular complexity index is 1200. The van der Waals surface area contributed by atoms with Gasteiger partial charge in [0.25, 0.3) is 0 Å². The zero-order valence-electron chi connectivity index (χ0n) is 17.5. The molecule has 5 rings (SSSR count). The van der Waals surface area contributed by atoms with E-state index in [-0.39, 0.29) is 0 Å². The average molecular weight is 416 g/mol. The minimum atomic E-state index is 0.661. The third-order valence-corrected chi connectivity index (χ3v) is 5.42. The van der Waals surface area contributed by atoms with Gasteiger partial charge in [-0.2, -0.15) is 0 Å². The first-order valence-corrected chi connectivity index (χ1v) is 10.2. The Kier molecular flexibility index (Phi) is 5.09. The van der Waals surface area contributed by atoms with E-state index < -0.39 is 0 Å². The van der Waals surface area contributed by atoms with Crippen molar-refractivity contribution in [3.63, 3.8) is 0 Å². The number of anilines is 4. The van der Waals surface area contributed by atoms with Crippen molar-refractivity contribution in [1.82, 2.24) is 24.5 Å². The first-order valence-electron chi connectivity index (χ1n) is 10.2. The number of fused-ring (bicyclic) bond motifs is 1. The Labute approximate surface area is 180 Å². The fourth-order valence-corrected chi connectivity index (χ4v) is 3.76. The number of morpholine rings is 1. The summed E-state index contributed by atoms with van der Waals surface area (Å²) in [5, 5.41) is 6.49. The van der Waals surface area contributed by atoms with Crippen LogP contribution in [0, 0.1) is 0 Å². The Morgan fingerprint density at radius 2 is 1.81 bits per heavy atom. The topological polar surface area (TPSA) is 93.0 Å². The maximum atomic E-state index is 5.43. The van der Waals surface area contributed by atoms with Crippen molar-refractivity contribution in [2.24, 2.45) is 7.05 Å². The van der Waals surface area contributed by atoms with Gasteiger partial charge in [-0.1, -0.05) is 0 Å². The molecule has 4 aromatic rings. The zero-order valence-corrected chi connectivity index (χ0v) is 17.5. The zero-order chi connectivity index (χ0) is 21.2. The van der Waals surface area contributed by atoms with Gasteiger partial charge < -0.3 is 24.8 Å². The van der Waals surface area contributed by atoms with Gasteiger partial charge in [-0.3, -0.25) is 4.98 Å². The lowest BCUT2D eigenvalue weighted by molar-refractivity contribution is 0.122. The van der Waals surface area contributed by atoms with Crippen LogP contribution in [0.2, 0.25) is 0 Å². The summed E-state index contributed by atoms with van der Waals surface area (Å²) in [4.78, 5) is 20.6. The summed E-state index contributed by atoms with van der Waals surface area (Å²) >= 11 is 0. The standard InChI is InChI=1S/C22H24N8O/c1-23-22-21(17-11-24-12-18-20(17)26-14-29(18)2)25-13-19(28-22)27-15-3-5-16(6-4-15)30-7-9-31-10-8-30/h3-6,11-14H,7-10H2,1-2H3,(H2,23,27,28). The van der Waals surface area contributed by atoms with Gasteiger partial charge in [-0.25, -0.2) is 15.0 Å². The Balaban J connectivity index is 1.40. The van der Waals surface area contributed by atoms with Gasteiger partial charge in [0, 0.05) is 44.8 Å². The van der Waals surface area contributed by atoms with Gasteiger partial charge in [0.15, 0.2) is 11.6 Å². The molecule has 4 heterocycles. The molecular weight excluding hydrogens is 392 g/mol. The predicted octanol–water partition coefficient (Wildman–Crippen LogP) is 3.05. The first kappa shape index (κ1) is 19.3. The summed E-state index contributed by atoms with van der Waals surface area (Å²) in [5.74, 6) is 1.32.